The summed E-state index contributed by atoms with van der Waals surface area (Å²) in [7, 11) is 0.403. The Kier molecular flexibility index (Phi) is 9.48. The van der Waals surface area contributed by atoms with Gasteiger partial charge in [0.05, 0.1) is 11.9 Å². The zero-order valence-electron chi connectivity index (χ0n) is 23.0. The van der Waals surface area contributed by atoms with E-state index < -0.39 is 10.0 Å². The van der Waals surface area contributed by atoms with E-state index >= 15 is 0 Å². The predicted molar refractivity (Wildman–Crippen MR) is 157 cm³/mol. The van der Waals surface area contributed by atoms with Gasteiger partial charge in [0.15, 0.2) is 6.61 Å². The fourth-order valence-electron chi connectivity index (χ4n) is 4.75. The first-order chi connectivity index (χ1) is 18.7. The highest BCUT2D eigenvalue weighted by atomic mass is 32.2. The SMILES string of the molecule is CN(C)c1cccc(OCC(=O)N2CCN(Cc3ccccc3)CCCN(S(C)(=O)=O)c3ccccc3C2)c1. The van der Waals surface area contributed by atoms with Gasteiger partial charge in [-0.1, -0.05) is 54.6 Å². The molecular formula is C30H38N4O4S. The van der Waals surface area contributed by atoms with Crippen molar-refractivity contribution in [2.75, 3.05) is 62.3 Å². The minimum atomic E-state index is -3.51. The Morgan fingerprint density at radius 1 is 0.897 bits per heavy atom. The van der Waals surface area contributed by atoms with Crippen LogP contribution in [0, 0.1) is 0 Å². The van der Waals surface area contributed by atoms with Crippen molar-refractivity contribution in [3.8, 4) is 5.75 Å². The van der Waals surface area contributed by atoms with E-state index in [1.807, 2.05) is 85.7 Å². The second kappa shape index (κ2) is 13.0. The first kappa shape index (κ1) is 28.4. The largest absolute Gasteiger partial charge is 0.484 e. The minimum Gasteiger partial charge on any atom is -0.484 e. The molecule has 0 aliphatic carbocycles. The molecule has 0 aromatic heterocycles. The molecule has 0 bridgehead atoms. The molecule has 3 aromatic carbocycles. The van der Waals surface area contributed by atoms with E-state index in [4.69, 9.17) is 4.74 Å². The second-order valence-corrected chi connectivity index (χ2v) is 12.0. The molecule has 0 saturated carbocycles. The molecule has 3 aromatic rings. The summed E-state index contributed by atoms with van der Waals surface area (Å²) in [5.41, 5.74) is 3.58. The average molecular weight is 551 g/mol. The number of ether oxygens (including phenoxy) is 1. The number of sulfonamides is 1. The van der Waals surface area contributed by atoms with Gasteiger partial charge in [-0.2, -0.15) is 0 Å². The quantitative estimate of drug-likeness (QED) is 0.445. The van der Waals surface area contributed by atoms with Crippen molar-refractivity contribution in [3.63, 3.8) is 0 Å². The van der Waals surface area contributed by atoms with Crippen LogP contribution in [0.4, 0.5) is 11.4 Å². The van der Waals surface area contributed by atoms with E-state index in [-0.39, 0.29) is 12.5 Å². The van der Waals surface area contributed by atoms with Gasteiger partial charge in [0, 0.05) is 65.1 Å². The number of para-hydroxylation sites is 1. The molecule has 39 heavy (non-hydrogen) atoms. The average Bonchev–Trinajstić information content (AvgIpc) is 2.95. The third-order valence-electron chi connectivity index (χ3n) is 6.84. The lowest BCUT2D eigenvalue weighted by Gasteiger charge is -2.28. The Hall–Kier alpha value is -3.56. The lowest BCUT2D eigenvalue weighted by atomic mass is 10.1. The Morgan fingerprint density at radius 3 is 2.38 bits per heavy atom. The summed E-state index contributed by atoms with van der Waals surface area (Å²) in [5.74, 6) is 0.478. The third kappa shape index (κ3) is 7.97. The van der Waals surface area contributed by atoms with Gasteiger partial charge in [0.1, 0.15) is 5.75 Å². The number of hydrogen-bond donors (Lipinski definition) is 0. The van der Waals surface area contributed by atoms with Gasteiger partial charge in [-0.3, -0.25) is 14.0 Å². The maximum absolute atomic E-state index is 13.5. The molecule has 0 fully saturated rings. The Labute approximate surface area is 232 Å². The number of fused-ring (bicyclic) bond motifs is 1. The molecule has 1 aliphatic rings. The molecule has 1 aliphatic heterocycles. The molecule has 0 unspecified atom stereocenters. The zero-order chi connectivity index (χ0) is 27.8. The summed E-state index contributed by atoms with van der Waals surface area (Å²) < 4.78 is 33.0. The van der Waals surface area contributed by atoms with Crippen molar-refractivity contribution in [1.29, 1.82) is 0 Å². The van der Waals surface area contributed by atoms with Crippen LogP contribution >= 0.6 is 0 Å². The molecule has 0 radical (unpaired) electrons. The summed E-state index contributed by atoms with van der Waals surface area (Å²) in [6.07, 6.45) is 1.91. The molecule has 1 heterocycles. The van der Waals surface area contributed by atoms with Gasteiger partial charge >= 0.3 is 0 Å². The molecule has 9 heteroatoms. The van der Waals surface area contributed by atoms with Crippen LogP contribution in [0.15, 0.2) is 78.9 Å². The van der Waals surface area contributed by atoms with Crippen LogP contribution in [0.25, 0.3) is 0 Å². The van der Waals surface area contributed by atoms with Crippen molar-refractivity contribution in [2.45, 2.75) is 19.5 Å². The van der Waals surface area contributed by atoms with Crippen molar-refractivity contribution < 1.29 is 17.9 Å². The Bertz CT molecular complexity index is 1350. The third-order valence-corrected chi connectivity index (χ3v) is 8.02. The van der Waals surface area contributed by atoms with Crippen LogP contribution in [0.5, 0.6) is 5.75 Å². The summed E-state index contributed by atoms with van der Waals surface area (Å²) >= 11 is 0. The van der Waals surface area contributed by atoms with E-state index in [0.29, 0.717) is 50.6 Å². The van der Waals surface area contributed by atoms with Gasteiger partial charge in [0.25, 0.3) is 5.91 Å². The number of carbonyl (C=O) groups excluding carboxylic acids is 1. The molecule has 0 spiro atoms. The second-order valence-electron chi connectivity index (χ2n) is 10.1. The highest BCUT2D eigenvalue weighted by Gasteiger charge is 2.25. The van der Waals surface area contributed by atoms with E-state index in [1.54, 1.807) is 4.90 Å². The normalized spacial score (nSPS) is 15.3. The highest BCUT2D eigenvalue weighted by molar-refractivity contribution is 7.92. The number of nitrogens with zero attached hydrogens (tertiary/aromatic N) is 4. The van der Waals surface area contributed by atoms with Crippen molar-refractivity contribution in [3.05, 3.63) is 90.0 Å². The first-order valence-electron chi connectivity index (χ1n) is 13.2. The van der Waals surface area contributed by atoms with E-state index in [2.05, 4.69) is 17.0 Å². The van der Waals surface area contributed by atoms with Crippen LogP contribution in [0.3, 0.4) is 0 Å². The molecule has 8 nitrogen and oxygen atoms in total. The first-order valence-corrected chi connectivity index (χ1v) is 15.1. The lowest BCUT2D eigenvalue weighted by Crippen LogP contribution is -2.40. The monoisotopic (exact) mass is 550 g/mol. The molecule has 0 saturated heterocycles. The molecule has 4 rings (SSSR count). The lowest BCUT2D eigenvalue weighted by molar-refractivity contribution is -0.134. The predicted octanol–water partition coefficient (Wildman–Crippen LogP) is 3.83. The minimum absolute atomic E-state index is 0.104. The fourth-order valence-corrected chi connectivity index (χ4v) is 5.75. The van der Waals surface area contributed by atoms with Crippen molar-refractivity contribution in [1.82, 2.24) is 9.80 Å². The number of benzene rings is 3. The maximum Gasteiger partial charge on any atom is 0.260 e. The topological polar surface area (TPSA) is 73.4 Å². The fraction of sp³-hybridized carbons (Fsp3) is 0.367. The van der Waals surface area contributed by atoms with Crippen molar-refractivity contribution >= 4 is 27.3 Å². The standard InChI is InChI=1S/C30H38N4O4S/c1-31(2)27-14-9-15-28(21-27)38-24-30(35)33-20-19-32(22-25-11-5-4-6-12-25)17-10-18-34(39(3,36)37)29-16-8-7-13-26(29)23-33/h4-9,11-16,21H,10,17-20,22-24H2,1-3H3. The molecule has 0 N–H and O–H groups in total. The summed E-state index contributed by atoms with van der Waals surface area (Å²) in [5, 5.41) is 0. The summed E-state index contributed by atoms with van der Waals surface area (Å²) in [6, 6.07) is 25.3. The van der Waals surface area contributed by atoms with Gasteiger partial charge in [-0.05, 0) is 35.7 Å². The summed E-state index contributed by atoms with van der Waals surface area (Å²) in [4.78, 5) is 19.6. The van der Waals surface area contributed by atoms with Crippen LogP contribution in [0.2, 0.25) is 0 Å². The number of carbonyl (C=O) groups is 1. The van der Waals surface area contributed by atoms with Gasteiger partial charge < -0.3 is 14.5 Å². The van der Waals surface area contributed by atoms with E-state index in [1.165, 1.54) is 16.1 Å². The maximum atomic E-state index is 13.5. The van der Waals surface area contributed by atoms with E-state index in [0.717, 1.165) is 17.8 Å². The molecule has 208 valence electrons. The van der Waals surface area contributed by atoms with Crippen molar-refractivity contribution in [2.24, 2.45) is 0 Å². The van der Waals surface area contributed by atoms with Crippen LogP contribution in [-0.4, -0.2) is 77.3 Å². The van der Waals surface area contributed by atoms with Gasteiger partial charge in [0.2, 0.25) is 10.0 Å². The Morgan fingerprint density at radius 2 is 1.64 bits per heavy atom. The molecular weight excluding hydrogens is 512 g/mol. The smallest absolute Gasteiger partial charge is 0.260 e. The van der Waals surface area contributed by atoms with Crippen LogP contribution < -0.4 is 13.9 Å². The van der Waals surface area contributed by atoms with Crippen LogP contribution in [0.1, 0.15) is 17.5 Å². The number of anilines is 2. The molecule has 1 amide bonds. The highest BCUT2D eigenvalue weighted by Crippen LogP contribution is 2.26. The molecule has 0 atom stereocenters. The van der Waals surface area contributed by atoms with Gasteiger partial charge in [-0.25, -0.2) is 8.42 Å². The Balaban J connectivity index is 1.59. The van der Waals surface area contributed by atoms with Crippen LogP contribution in [-0.2, 0) is 27.9 Å². The number of rotatable bonds is 7. The van der Waals surface area contributed by atoms with E-state index in [9.17, 15) is 13.2 Å². The zero-order valence-corrected chi connectivity index (χ0v) is 23.8. The summed E-state index contributed by atoms with van der Waals surface area (Å²) in [6.45, 7) is 3.16. The number of amides is 1. The van der Waals surface area contributed by atoms with Gasteiger partial charge in [-0.15, -0.1) is 0 Å². The number of hydrogen-bond acceptors (Lipinski definition) is 6.